The Morgan fingerprint density at radius 1 is 1.35 bits per heavy atom. The summed E-state index contributed by atoms with van der Waals surface area (Å²) in [6, 6.07) is 0. The first-order valence-electron chi connectivity index (χ1n) is 4.67. The van der Waals surface area contributed by atoms with Crippen LogP contribution in [0, 0.1) is 0 Å². The van der Waals surface area contributed by atoms with Crippen LogP contribution in [0.5, 0.6) is 0 Å². The van der Waals surface area contributed by atoms with E-state index in [2.05, 4.69) is 25.3 Å². The van der Waals surface area contributed by atoms with E-state index in [-0.39, 0.29) is 17.8 Å². The number of hydrogen-bond donors (Lipinski definition) is 2. The number of imidazole rings is 1. The van der Waals surface area contributed by atoms with Crippen molar-refractivity contribution in [3.63, 3.8) is 0 Å². The predicted molar refractivity (Wildman–Crippen MR) is 55.9 cm³/mol. The highest BCUT2D eigenvalue weighted by atomic mass is 19.3. The van der Waals surface area contributed by atoms with Crippen molar-refractivity contribution in [1.29, 1.82) is 0 Å². The smallest absolute Gasteiger partial charge is 0.255 e. The lowest BCUT2D eigenvalue weighted by Gasteiger charge is -2.06. The molecule has 2 heterocycles. The molecule has 0 aliphatic carbocycles. The average molecular weight is 241 g/mol. The number of hydrogen-bond acceptors (Lipinski definition) is 6. The van der Waals surface area contributed by atoms with Crippen molar-refractivity contribution < 1.29 is 8.78 Å². The summed E-state index contributed by atoms with van der Waals surface area (Å²) in [5.74, 6) is 0.161. The van der Waals surface area contributed by atoms with Crippen LogP contribution in [0.25, 0.3) is 5.95 Å². The quantitative estimate of drug-likeness (QED) is 0.800. The maximum absolute atomic E-state index is 12.0. The lowest BCUT2D eigenvalue weighted by atomic mass is 10.6. The predicted octanol–water partition coefficient (Wildman–Crippen LogP) is 0.316. The van der Waals surface area contributed by atoms with Crippen LogP contribution in [0.1, 0.15) is 0 Å². The van der Waals surface area contributed by atoms with Gasteiger partial charge in [0.05, 0.1) is 6.54 Å². The number of nitrogens with one attached hydrogen (secondary N) is 1. The van der Waals surface area contributed by atoms with Gasteiger partial charge in [0.2, 0.25) is 17.8 Å². The molecule has 0 bridgehead atoms. The Hall–Kier alpha value is -2.32. The van der Waals surface area contributed by atoms with E-state index in [9.17, 15) is 8.78 Å². The molecular weight excluding hydrogens is 232 g/mol. The first kappa shape index (κ1) is 11.2. The standard InChI is InChI=1S/C8H9F2N7/c9-5(10)3-13-7-14-6(11)15-8(16-7)17-2-1-12-4-17/h1-2,4-5H,3H2,(H3,11,13,14,15,16). The van der Waals surface area contributed by atoms with Crippen LogP contribution in [-0.2, 0) is 0 Å². The van der Waals surface area contributed by atoms with Crippen molar-refractivity contribution in [2.24, 2.45) is 0 Å². The second kappa shape index (κ2) is 4.68. The minimum absolute atomic E-state index is 0.00139. The minimum Gasteiger partial charge on any atom is -0.368 e. The van der Waals surface area contributed by atoms with Crippen LogP contribution in [0.15, 0.2) is 18.7 Å². The molecule has 7 nitrogen and oxygen atoms in total. The fourth-order valence-corrected chi connectivity index (χ4v) is 1.12. The van der Waals surface area contributed by atoms with Crippen molar-refractivity contribution >= 4 is 11.9 Å². The highest BCUT2D eigenvalue weighted by Crippen LogP contribution is 2.07. The topological polar surface area (TPSA) is 94.5 Å². The van der Waals surface area contributed by atoms with Gasteiger partial charge in [0, 0.05) is 12.4 Å². The molecule has 0 saturated heterocycles. The summed E-state index contributed by atoms with van der Waals surface area (Å²) < 4.78 is 25.5. The van der Waals surface area contributed by atoms with Crippen molar-refractivity contribution in [2.75, 3.05) is 17.6 Å². The van der Waals surface area contributed by atoms with E-state index in [4.69, 9.17) is 5.73 Å². The first-order chi connectivity index (χ1) is 8.15. The summed E-state index contributed by atoms with van der Waals surface area (Å²) in [5, 5.41) is 2.36. The van der Waals surface area contributed by atoms with Gasteiger partial charge in [-0.2, -0.15) is 15.0 Å². The number of alkyl halides is 2. The van der Waals surface area contributed by atoms with Crippen LogP contribution in [-0.4, -0.2) is 37.5 Å². The molecule has 0 saturated carbocycles. The second-order valence-corrected chi connectivity index (χ2v) is 3.06. The molecule has 90 valence electrons. The maximum atomic E-state index is 12.0. The third-order valence-corrected chi connectivity index (χ3v) is 1.79. The fourth-order valence-electron chi connectivity index (χ4n) is 1.12. The monoisotopic (exact) mass is 241 g/mol. The summed E-state index contributed by atoms with van der Waals surface area (Å²) in [6.07, 6.45) is 2.11. The third-order valence-electron chi connectivity index (χ3n) is 1.79. The summed E-state index contributed by atoms with van der Waals surface area (Å²) in [5.41, 5.74) is 5.45. The van der Waals surface area contributed by atoms with Gasteiger partial charge in [-0.25, -0.2) is 13.8 Å². The number of anilines is 2. The largest absolute Gasteiger partial charge is 0.368 e. The first-order valence-corrected chi connectivity index (χ1v) is 4.67. The number of rotatable bonds is 4. The highest BCUT2D eigenvalue weighted by Gasteiger charge is 2.08. The molecule has 0 aromatic carbocycles. The average Bonchev–Trinajstić information content (AvgIpc) is 2.79. The van der Waals surface area contributed by atoms with E-state index in [1.165, 1.54) is 17.1 Å². The summed E-state index contributed by atoms with van der Waals surface area (Å²) in [7, 11) is 0. The molecule has 0 atom stereocenters. The van der Waals surface area contributed by atoms with Crippen LogP contribution in [0.2, 0.25) is 0 Å². The van der Waals surface area contributed by atoms with Gasteiger partial charge >= 0.3 is 0 Å². The molecule has 0 aliphatic heterocycles. The van der Waals surface area contributed by atoms with E-state index < -0.39 is 13.0 Å². The van der Waals surface area contributed by atoms with Crippen LogP contribution in [0.4, 0.5) is 20.7 Å². The molecular formula is C8H9F2N7. The molecule has 3 N–H and O–H groups in total. The van der Waals surface area contributed by atoms with E-state index >= 15 is 0 Å². The second-order valence-electron chi connectivity index (χ2n) is 3.06. The number of halogens is 2. The Labute approximate surface area is 94.7 Å². The Balaban J connectivity index is 2.24. The van der Waals surface area contributed by atoms with Crippen LogP contribution >= 0.6 is 0 Å². The van der Waals surface area contributed by atoms with Gasteiger partial charge in [-0.05, 0) is 0 Å². The Bertz CT molecular complexity index is 485. The van der Waals surface area contributed by atoms with Gasteiger partial charge in [-0.15, -0.1) is 0 Å². The molecule has 2 aromatic heterocycles. The molecule has 0 spiro atoms. The highest BCUT2D eigenvalue weighted by molar-refractivity contribution is 5.35. The lowest BCUT2D eigenvalue weighted by Crippen LogP contribution is -2.15. The lowest BCUT2D eigenvalue weighted by molar-refractivity contribution is 0.163. The van der Waals surface area contributed by atoms with Crippen LogP contribution in [0.3, 0.4) is 0 Å². The van der Waals surface area contributed by atoms with Gasteiger partial charge in [-0.1, -0.05) is 0 Å². The van der Waals surface area contributed by atoms with Crippen LogP contribution < -0.4 is 11.1 Å². The van der Waals surface area contributed by atoms with E-state index in [0.717, 1.165) is 0 Å². The molecule has 17 heavy (non-hydrogen) atoms. The zero-order chi connectivity index (χ0) is 12.3. The number of nitrogens with two attached hydrogens (primary N) is 1. The number of aromatic nitrogens is 5. The van der Waals surface area contributed by atoms with E-state index in [1.807, 2.05) is 0 Å². The zero-order valence-corrected chi connectivity index (χ0v) is 8.59. The molecule has 0 fully saturated rings. The Kier molecular flexibility index (Phi) is 3.08. The molecule has 0 amide bonds. The molecule has 0 unspecified atom stereocenters. The third kappa shape index (κ3) is 2.83. The summed E-state index contributed by atoms with van der Waals surface area (Å²) in [6.45, 7) is -0.549. The van der Waals surface area contributed by atoms with Crippen molar-refractivity contribution in [2.45, 2.75) is 6.43 Å². The zero-order valence-electron chi connectivity index (χ0n) is 8.59. The number of nitrogen functional groups attached to an aromatic ring is 1. The van der Waals surface area contributed by atoms with Gasteiger partial charge in [-0.3, -0.25) is 4.57 Å². The fraction of sp³-hybridized carbons (Fsp3) is 0.250. The molecule has 0 radical (unpaired) electrons. The van der Waals surface area contributed by atoms with E-state index in [1.54, 1.807) is 6.20 Å². The summed E-state index contributed by atoms with van der Waals surface area (Å²) in [4.78, 5) is 15.3. The Morgan fingerprint density at radius 2 is 2.18 bits per heavy atom. The van der Waals surface area contributed by atoms with Gasteiger partial charge < -0.3 is 11.1 Å². The van der Waals surface area contributed by atoms with Crippen molar-refractivity contribution in [3.8, 4) is 5.95 Å². The van der Waals surface area contributed by atoms with Gasteiger partial charge in [0.1, 0.15) is 6.33 Å². The molecule has 2 aromatic rings. The van der Waals surface area contributed by atoms with E-state index in [0.29, 0.717) is 0 Å². The normalized spacial score (nSPS) is 10.8. The van der Waals surface area contributed by atoms with Crippen molar-refractivity contribution in [3.05, 3.63) is 18.7 Å². The molecule has 9 heteroatoms. The number of nitrogens with zero attached hydrogens (tertiary/aromatic N) is 5. The molecule has 0 aliphatic rings. The van der Waals surface area contributed by atoms with Gasteiger partial charge in [0.25, 0.3) is 6.43 Å². The summed E-state index contributed by atoms with van der Waals surface area (Å²) >= 11 is 0. The van der Waals surface area contributed by atoms with Crippen molar-refractivity contribution in [1.82, 2.24) is 24.5 Å². The SMILES string of the molecule is Nc1nc(NCC(F)F)nc(-n2ccnc2)n1. The van der Waals surface area contributed by atoms with Gasteiger partial charge in [0.15, 0.2) is 0 Å². The Morgan fingerprint density at radius 3 is 2.82 bits per heavy atom. The minimum atomic E-state index is -2.50. The molecule has 2 rings (SSSR count). The maximum Gasteiger partial charge on any atom is 0.255 e.